The van der Waals surface area contributed by atoms with E-state index in [1.165, 1.54) is 12.3 Å². The van der Waals surface area contributed by atoms with Crippen LogP contribution in [0, 0.1) is 0 Å². The molecule has 0 aliphatic carbocycles. The number of aromatic carboxylic acids is 1. The first-order valence-electron chi connectivity index (χ1n) is 6.31. The first-order chi connectivity index (χ1) is 9.66. The highest BCUT2D eigenvalue weighted by molar-refractivity contribution is 6.33. The number of hydrogen-bond donors (Lipinski definition) is 2. The van der Waals surface area contributed by atoms with Crippen molar-refractivity contribution in [2.24, 2.45) is 0 Å². The van der Waals surface area contributed by atoms with Crippen molar-refractivity contribution < 1.29 is 9.90 Å². The highest BCUT2D eigenvalue weighted by Crippen LogP contribution is 2.37. The van der Waals surface area contributed by atoms with Crippen LogP contribution in [-0.4, -0.2) is 32.6 Å². The number of rotatable bonds is 3. The lowest BCUT2D eigenvalue weighted by atomic mass is 10.2. The molecule has 1 aliphatic rings. The van der Waals surface area contributed by atoms with Crippen molar-refractivity contribution in [1.82, 2.24) is 15.0 Å². The summed E-state index contributed by atoms with van der Waals surface area (Å²) in [5.74, 6) is 0.452. The molecule has 104 valence electrons. The highest BCUT2D eigenvalue weighted by Gasteiger charge is 2.30. The van der Waals surface area contributed by atoms with E-state index in [4.69, 9.17) is 16.7 Å². The van der Waals surface area contributed by atoms with Gasteiger partial charge in [-0.2, -0.15) is 0 Å². The fourth-order valence-electron chi connectivity index (χ4n) is 2.52. The molecule has 0 aromatic carbocycles. The zero-order valence-electron chi connectivity index (χ0n) is 10.6. The van der Waals surface area contributed by atoms with E-state index in [1.807, 2.05) is 0 Å². The van der Waals surface area contributed by atoms with Gasteiger partial charge in [-0.3, -0.25) is 0 Å². The largest absolute Gasteiger partial charge is 0.478 e. The van der Waals surface area contributed by atoms with Gasteiger partial charge in [0.25, 0.3) is 0 Å². The Morgan fingerprint density at radius 3 is 3.00 bits per heavy atom. The molecule has 20 heavy (non-hydrogen) atoms. The monoisotopic (exact) mass is 292 g/mol. The number of nitrogens with zero attached hydrogens (tertiary/aromatic N) is 3. The third kappa shape index (κ3) is 2.22. The Hall–Kier alpha value is -2.08. The van der Waals surface area contributed by atoms with E-state index < -0.39 is 5.97 Å². The Balaban J connectivity index is 1.94. The summed E-state index contributed by atoms with van der Waals surface area (Å²) in [7, 11) is 0. The van der Waals surface area contributed by atoms with Gasteiger partial charge in [-0.15, -0.1) is 0 Å². The number of carbonyl (C=O) groups is 1. The van der Waals surface area contributed by atoms with Crippen LogP contribution in [0.15, 0.2) is 24.7 Å². The molecular weight excluding hydrogens is 280 g/mol. The molecule has 1 fully saturated rings. The maximum absolute atomic E-state index is 10.9. The lowest BCUT2D eigenvalue weighted by Gasteiger charge is -2.25. The fraction of sp³-hybridized carbons (Fsp3) is 0.308. The molecule has 3 rings (SSSR count). The minimum Gasteiger partial charge on any atom is -0.478 e. The number of imidazole rings is 1. The van der Waals surface area contributed by atoms with Crippen molar-refractivity contribution in [3.05, 3.63) is 41.1 Å². The maximum Gasteiger partial charge on any atom is 0.337 e. The third-order valence-corrected chi connectivity index (χ3v) is 3.71. The molecule has 3 heterocycles. The second-order valence-corrected chi connectivity index (χ2v) is 5.07. The summed E-state index contributed by atoms with van der Waals surface area (Å²) >= 11 is 6.18. The Labute approximate surface area is 120 Å². The van der Waals surface area contributed by atoms with Gasteiger partial charge in [-0.25, -0.2) is 14.8 Å². The molecule has 0 spiro atoms. The van der Waals surface area contributed by atoms with Crippen LogP contribution in [-0.2, 0) is 0 Å². The van der Waals surface area contributed by atoms with Crippen molar-refractivity contribution in [3.8, 4) is 0 Å². The fourth-order valence-corrected chi connectivity index (χ4v) is 2.80. The lowest BCUT2D eigenvalue weighted by Crippen LogP contribution is -2.24. The Bertz CT molecular complexity index is 629. The van der Waals surface area contributed by atoms with Crippen LogP contribution in [0.2, 0.25) is 5.02 Å². The van der Waals surface area contributed by atoms with Crippen LogP contribution in [0.25, 0.3) is 0 Å². The Morgan fingerprint density at radius 2 is 2.35 bits per heavy atom. The molecule has 0 amide bonds. The third-order valence-electron chi connectivity index (χ3n) is 3.43. The summed E-state index contributed by atoms with van der Waals surface area (Å²) in [6, 6.07) is 1.54. The van der Waals surface area contributed by atoms with Gasteiger partial charge in [0.05, 0.1) is 16.6 Å². The lowest BCUT2D eigenvalue weighted by molar-refractivity contribution is 0.0696. The van der Waals surface area contributed by atoms with Gasteiger partial charge < -0.3 is 15.0 Å². The molecule has 0 saturated carbocycles. The number of anilines is 1. The minimum atomic E-state index is -1.03. The number of halogens is 1. The van der Waals surface area contributed by atoms with E-state index in [2.05, 4.69) is 19.9 Å². The Kier molecular flexibility index (Phi) is 3.31. The van der Waals surface area contributed by atoms with E-state index in [0.29, 0.717) is 10.8 Å². The molecule has 1 aliphatic heterocycles. The van der Waals surface area contributed by atoms with Gasteiger partial charge in [-0.1, -0.05) is 11.6 Å². The number of nitrogens with one attached hydrogen (secondary N) is 1. The second-order valence-electron chi connectivity index (χ2n) is 4.66. The quantitative estimate of drug-likeness (QED) is 0.908. The number of carboxylic acid groups (broad SMARTS) is 1. The molecule has 2 aromatic heterocycles. The van der Waals surface area contributed by atoms with Crippen LogP contribution in [0.3, 0.4) is 0 Å². The van der Waals surface area contributed by atoms with Crippen LogP contribution < -0.4 is 4.90 Å². The number of H-pyrrole nitrogens is 1. The summed E-state index contributed by atoms with van der Waals surface area (Å²) in [6.45, 7) is 0.824. The Morgan fingerprint density at radius 1 is 1.50 bits per heavy atom. The minimum absolute atomic E-state index is 0.0903. The van der Waals surface area contributed by atoms with Crippen molar-refractivity contribution in [2.45, 2.75) is 18.9 Å². The summed E-state index contributed by atoms with van der Waals surface area (Å²) in [6.07, 6.45) is 6.82. The number of hydrogen-bond acceptors (Lipinski definition) is 4. The summed E-state index contributed by atoms with van der Waals surface area (Å²) in [4.78, 5) is 24.6. The van der Waals surface area contributed by atoms with Gasteiger partial charge in [0.2, 0.25) is 0 Å². The van der Waals surface area contributed by atoms with Crippen molar-refractivity contribution in [2.75, 3.05) is 11.4 Å². The molecule has 2 N–H and O–H groups in total. The van der Waals surface area contributed by atoms with Gasteiger partial charge in [0.1, 0.15) is 11.6 Å². The number of carboxylic acids is 1. The predicted octanol–water partition coefficient (Wildman–Crippen LogP) is 2.50. The number of aromatic amines is 1. The van der Waals surface area contributed by atoms with E-state index >= 15 is 0 Å². The molecule has 1 saturated heterocycles. The summed E-state index contributed by atoms with van der Waals surface area (Å²) in [5, 5.41) is 9.29. The topological polar surface area (TPSA) is 82.1 Å². The zero-order chi connectivity index (χ0) is 14.1. The molecular formula is C13H13ClN4O2. The summed E-state index contributed by atoms with van der Waals surface area (Å²) < 4.78 is 0. The molecule has 0 bridgehead atoms. The molecule has 6 nitrogen and oxygen atoms in total. The SMILES string of the molecule is O=C(O)c1cnc(N2CCCC2c2ncc[nH]2)c(Cl)c1. The maximum atomic E-state index is 10.9. The first-order valence-corrected chi connectivity index (χ1v) is 6.69. The van der Waals surface area contributed by atoms with E-state index in [0.717, 1.165) is 25.2 Å². The normalized spacial score (nSPS) is 18.4. The first kappa shape index (κ1) is 12.9. The smallest absolute Gasteiger partial charge is 0.337 e. The van der Waals surface area contributed by atoms with E-state index in [1.54, 1.807) is 12.4 Å². The molecule has 1 unspecified atom stereocenters. The van der Waals surface area contributed by atoms with Gasteiger partial charge >= 0.3 is 5.97 Å². The molecule has 0 radical (unpaired) electrons. The van der Waals surface area contributed by atoms with E-state index in [9.17, 15) is 4.79 Å². The zero-order valence-corrected chi connectivity index (χ0v) is 11.3. The average Bonchev–Trinajstić information content (AvgIpc) is 3.09. The average molecular weight is 293 g/mol. The predicted molar refractivity (Wildman–Crippen MR) is 74.1 cm³/mol. The molecule has 7 heteroatoms. The number of aromatic nitrogens is 3. The van der Waals surface area contributed by atoms with Gasteiger partial charge in [0.15, 0.2) is 0 Å². The summed E-state index contributed by atoms with van der Waals surface area (Å²) in [5.41, 5.74) is 0.0903. The van der Waals surface area contributed by atoms with Crippen molar-refractivity contribution in [1.29, 1.82) is 0 Å². The van der Waals surface area contributed by atoms with E-state index in [-0.39, 0.29) is 11.6 Å². The van der Waals surface area contributed by atoms with Crippen LogP contribution in [0.4, 0.5) is 5.82 Å². The second kappa shape index (κ2) is 5.13. The van der Waals surface area contributed by atoms with Crippen LogP contribution >= 0.6 is 11.6 Å². The van der Waals surface area contributed by atoms with Crippen LogP contribution in [0.5, 0.6) is 0 Å². The highest BCUT2D eigenvalue weighted by atomic mass is 35.5. The molecule has 1 atom stereocenters. The molecule has 2 aromatic rings. The van der Waals surface area contributed by atoms with Gasteiger partial charge in [0, 0.05) is 25.1 Å². The van der Waals surface area contributed by atoms with Crippen molar-refractivity contribution in [3.63, 3.8) is 0 Å². The van der Waals surface area contributed by atoms with Crippen LogP contribution in [0.1, 0.15) is 35.1 Å². The standard InChI is InChI=1S/C13H13ClN4O2/c14-9-6-8(13(19)20)7-17-12(9)18-5-1-2-10(18)11-15-3-4-16-11/h3-4,6-7,10H,1-2,5H2,(H,15,16)(H,19,20). The van der Waals surface area contributed by atoms with Gasteiger partial charge in [-0.05, 0) is 18.9 Å². The number of pyridine rings is 1. The van der Waals surface area contributed by atoms with Crippen molar-refractivity contribution >= 4 is 23.4 Å².